The van der Waals surface area contributed by atoms with Gasteiger partial charge in [0.05, 0.1) is 6.20 Å². The van der Waals surface area contributed by atoms with Gasteiger partial charge in [-0.2, -0.15) is 5.10 Å². The van der Waals surface area contributed by atoms with Crippen LogP contribution in [0.25, 0.3) is 0 Å². The first-order valence-electron chi connectivity index (χ1n) is 9.89. The number of hydrogen-bond acceptors (Lipinski definition) is 3. The van der Waals surface area contributed by atoms with Crippen molar-refractivity contribution in [3.8, 4) is 0 Å². The SMILES string of the molecule is CN=C(NCCC(=O)NC1CCCCC1)N1CCC(c2cnn(C)c2)C1. The normalized spacial score (nSPS) is 21.8. The van der Waals surface area contributed by atoms with Gasteiger partial charge in [0.1, 0.15) is 0 Å². The number of carbonyl (C=O) groups excluding carboxylic acids is 1. The quantitative estimate of drug-likeness (QED) is 0.618. The zero-order chi connectivity index (χ0) is 18.4. The molecule has 0 spiro atoms. The molecule has 1 unspecified atom stereocenters. The van der Waals surface area contributed by atoms with Crippen molar-refractivity contribution in [1.29, 1.82) is 0 Å². The van der Waals surface area contributed by atoms with Gasteiger partial charge in [0.25, 0.3) is 0 Å². The van der Waals surface area contributed by atoms with E-state index in [-0.39, 0.29) is 5.91 Å². The third-order valence-electron chi connectivity index (χ3n) is 5.50. The number of guanidine groups is 1. The Morgan fingerprint density at radius 1 is 1.31 bits per heavy atom. The van der Waals surface area contributed by atoms with Crippen LogP contribution < -0.4 is 10.6 Å². The fourth-order valence-corrected chi connectivity index (χ4v) is 4.04. The third-order valence-corrected chi connectivity index (χ3v) is 5.50. The number of nitrogens with zero attached hydrogens (tertiary/aromatic N) is 4. The number of aryl methyl sites for hydroxylation is 1. The van der Waals surface area contributed by atoms with Gasteiger partial charge in [0.15, 0.2) is 5.96 Å². The molecule has 7 nitrogen and oxygen atoms in total. The van der Waals surface area contributed by atoms with Crippen LogP contribution in [0.15, 0.2) is 17.4 Å². The number of likely N-dealkylation sites (tertiary alicyclic amines) is 1. The molecule has 2 fully saturated rings. The molecule has 2 heterocycles. The molecule has 144 valence electrons. The van der Waals surface area contributed by atoms with Gasteiger partial charge in [-0.05, 0) is 24.8 Å². The lowest BCUT2D eigenvalue weighted by Crippen LogP contribution is -2.42. The van der Waals surface area contributed by atoms with Gasteiger partial charge in [-0.3, -0.25) is 14.5 Å². The molecule has 0 aromatic carbocycles. The van der Waals surface area contributed by atoms with Crippen LogP contribution in [0.1, 0.15) is 56.4 Å². The van der Waals surface area contributed by atoms with Crippen molar-refractivity contribution >= 4 is 11.9 Å². The minimum absolute atomic E-state index is 0.148. The van der Waals surface area contributed by atoms with E-state index < -0.39 is 0 Å². The van der Waals surface area contributed by atoms with Gasteiger partial charge in [0, 0.05) is 58.3 Å². The second kappa shape index (κ2) is 9.05. The molecule has 1 saturated carbocycles. The molecule has 1 atom stereocenters. The van der Waals surface area contributed by atoms with E-state index in [9.17, 15) is 4.79 Å². The van der Waals surface area contributed by atoms with Crippen molar-refractivity contribution in [2.75, 3.05) is 26.7 Å². The van der Waals surface area contributed by atoms with Crippen LogP contribution in [0.5, 0.6) is 0 Å². The van der Waals surface area contributed by atoms with Crippen molar-refractivity contribution in [2.45, 2.75) is 56.9 Å². The van der Waals surface area contributed by atoms with Crippen molar-refractivity contribution in [1.82, 2.24) is 25.3 Å². The first kappa shape index (κ1) is 18.7. The Labute approximate surface area is 156 Å². The summed E-state index contributed by atoms with van der Waals surface area (Å²) in [6.07, 6.45) is 11.7. The van der Waals surface area contributed by atoms with Gasteiger partial charge < -0.3 is 15.5 Å². The maximum absolute atomic E-state index is 12.1. The van der Waals surface area contributed by atoms with E-state index in [0.29, 0.717) is 24.9 Å². The molecular weight excluding hydrogens is 328 g/mol. The fourth-order valence-electron chi connectivity index (χ4n) is 4.04. The van der Waals surface area contributed by atoms with Crippen LogP contribution in [0.2, 0.25) is 0 Å². The summed E-state index contributed by atoms with van der Waals surface area (Å²) in [7, 11) is 3.76. The van der Waals surface area contributed by atoms with Crippen LogP contribution in [-0.2, 0) is 11.8 Å². The third kappa shape index (κ3) is 4.99. The number of hydrogen-bond donors (Lipinski definition) is 2. The molecule has 0 radical (unpaired) electrons. The van der Waals surface area contributed by atoms with Crippen LogP contribution in [0, 0.1) is 0 Å². The van der Waals surface area contributed by atoms with Crippen molar-refractivity contribution in [3.05, 3.63) is 18.0 Å². The number of aliphatic imine (C=N–C) groups is 1. The molecule has 2 N–H and O–H groups in total. The summed E-state index contributed by atoms with van der Waals surface area (Å²) in [5.74, 6) is 1.54. The van der Waals surface area contributed by atoms with Crippen molar-refractivity contribution in [2.24, 2.45) is 12.0 Å². The summed E-state index contributed by atoms with van der Waals surface area (Å²) in [5, 5.41) is 10.8. The number of nitrogens with one attached hydrogen (secondary N) is 2. The van der Waals surface area contributed by atoms with Gasteiger partial charge in [-0.1, -0.05) is 19.3 Å². The Kier molecular flexibility index (Phi) is 6.52. The highest BCUT2D eigenvalue weighted by Gasteiger charge is 2.27. The van der Waals surface area contributed by atoms with Gasteiger partial charge in [0.2, 0.25) is 5.91 Å². The molecule has 1 saturated heterocycles. The first-order valence-corrected chi connectivity index (χ1v) is 9.89. The maximum Gasteiger partial charge on any atom is 0.221 e. The van der Waals surface area contributed by atoms with Gasteiger partial charge >= 0.3 is 0 Å². The molecule has 1 amide bonds. The van der Waals surface area contributed by atoms with E-state index >= 15 is 0 Å². The smallest absolute Gasteiger partial charge is 0.221 e. The topological polar surface area (TPSA) is 74.6 Å². The molecule has 1 aliphatic heterocycles. The monoisotopic (exact) mass is 360 g/mol. The van der Waals surface area contributed by atoms with E-state index in [4.69, 9.17) is 0 Å². The Balaban J connectivity index is 1.40. The van der Waals surface area contributed by atoms with E-state index in [1.54, 1.807) is 0 Å². The number of carbonyl (C=O) groups is 1. The lowest BCUT2D eigenvalue weighted by Gasteiger charge is -2.23. The minimum Gasteiger partial charge on any atom is -0.356 e. The Morgan fingerprint density at radius 3 is 2.81 bits per heavy atom. The lowest BCUT2D eigenvalue weighted by atomic mass is 9.95. The molecule has 1 aliphatic carbocycles. The number of rotatable bonds is 5. The average molecular weight is 361 g/mol. The van der Waals surface area contributed by atoms with Crippen LogP contribution in [-0.4, -0.2) is 59.3 Å². The summed E-state index contributed by atoms with van der Waals surface area (Å²) in [6, 6.07) is 0.384. The standard InChI is InChI=1S/C19H32N6O/c1-20-19(21-10-8-18(26)23-17-6-4-3-5-7-17)25-11-9-15(14-25)16-12-22-24(2)13-16/h12-13,15,17H,3-11,14H2,1-2H3,(H,20,21)(H,23,26). The van der Waals surface area contributed by atoms with Crippen LogP contribution in [0.4, 0.5) is 0 Å². The summed E-state index contributed by atoms with van der Waals surface area (Å²) in [5.41, 5.74) is 1.29. The first-order chi connectivity index (χ1) is 12.7. The summed E-state index contributed by atoms with van der Waals surface area (Å²) >= 11 is 0. The lowest BCUT2D eigenvalue weighted by molar-refractivity contribution is -0.121. The molecule has 3 rings (SSSR count). The summed E-state index contributed by atoms with van der Waals surface area (Å²) in [4.78, 5) is 18.8. The predicted molar refractivity (Wildman–Crippen MR) is 103 cm³/mol. The second-order valence-corrected chi connectivity index (χ2v) is 7.51. The van der Waals surface area contributed by atoms with Crippen LogP contribution >= 0.6 is 0 Å². The Bertz CT molecular complexity index is 619. The molecule has 7 heteroatoms. The highest BCUT2D eigenvalue weighted by atomic mass is 16.1. The van der Waals surface area contributed by atoms with Gasteiger partial charge in [-0.15, -0.1) is 0 Å². The van der Waals surface area contributed by atoms with E-state index in [2.05, 4.69) is 31.8 Å². The molecular formula is C19H32N6O. The number of aromatic nitrogens is 2. The van der Waals surface area contributed by atoms with E-state index in [0.717, 1.165) is 38.3 Å². The maximum atomic E-state index is 12.1. The predicted octanol–water partition coefficient (Wildman–Crippen LogP) is 1.62. The average Bonchev–Trinajstić information content (AvgIpc) is 3.28. The molecule has 1 aromatic rings. The Hall–Kier alpha value is -2.05. The molecule has 0 bridgehead atoms. The summed E-state index contributed by atoms with van der Waals surface area (Å²) < 4.78 is 1.86. The zero-order valence-corrected chi connectivity index (χ0v) is 16.1. The fraction of sp³-hybridized carbons (Fsp3) is 0.737. The Morgan fingerprint density at radius 2 is 2.12 bits per heavy atom. The highest BCUT2D eigenvalue weighted by Crippen LogP contribution is 2.26. The van der Waals surface area contributed by atoms with Crippen LogP contribution in [0.3, 0.4) is 0 Å². The van der Waals surface area contributed by atoms with E-state index in [1.165, 1.54) is 24.8 Å². The summed E-state index contributed by atoms with van der Waals surface area (Å²) in [6.45, 7) is 2.55. The second-order valence-electron chi connectivity index (χ2n) is 7.51. The largest absolute Gasteiger partial charge is 0.356 e. The van der Waals surface area contributed by atoms with Gasteiger partial charge in [-0.25, -0.2) is 0 Å². The minimum atomic E-state index is 0.148. The van der Waals surface area contributed by atoms with Crippen molar-refractivity contribution in [3.63, 3.8) is 0 Å². The zero-order valence-electron chi connectivity index (χ0n) is 16.1. The number of amides is 1. The highest BCUT2D eigenvalue weighted by molar-refractivity contribution is 5.81. The molecule has 2 aliphatic rings. The van der Waals surface area contributed by atoms with Crippen molar-refractivity contribution < 1.29 is 4.79 Å². The molecule has 26 heavy (non-hydrogen) atoms. The van der Waals surface area contributed by atoms with E-state index in [1.807, 2.05) is 25.0 Å². The molecule has 1 aromatic heterocycles.